The molecule has 374 valence electrons. The highest BCUT2D eigenvalue weighted by molar-refractivity contribution is 6.24. The third kappa shape index (κ3) is 8.09. The maximum atomic E-state index is 5.39. The van der Waals surface area contributed by atoms with Crippen LogP contribution in [0.25, 0.3) is 145 Å². The second-order valence-electron chi connectivity index (χ2n) is 20.4. The van der Waals surface area contributed by atoms with Crippen molar-refractivity contribution in [3.8, 4) is 101 Å². The van der Waals surface area contributed by atoms with Crippen molar-refractivity contribution in [2.24, 2.45) is 0 Å². The summed E-state index contributed by atoms with van der Waals surface area (Å²) in [6.45, 7) is 0. The normalized spacial score (nSPS) is 11.5. The fourth-order valence-corrected chi connectivity index (χ4v) is 12.1. The number of aromatic nitrogens is 4. The molecule has 4 nitrogen and oxygen atoms in total. The van der Waals surface area contributed by atoms with Crippen molar-refractivity contribution >= 4 is 43.6 Å². The minimum atomic E-state index is 0.911. The van der Waals surface area contributed by atoms with Gasteiger partial charge in [0.2, 0.25) is 0 Å². The van der Waals surface area contributed by atoms with E-state index in [-0.39, 0.29) is 0 Å². The summed E-state index contributed by atoms with van der Waals surface area (Å²) in [5, 5.41) is 4.69. The molecule has 0 aliphatic rings. The Morgan fingerprint density at radius 3 is 0.887 bits per heavy atom. The van der Waals surface area contributed by atoms with E-state index < -0.39 is 0 Å². The van der Waals surface area contributed by atoms with E-state index in [9.17, 15) is 0 Å². The van der Waals surface area contributed by atoms with Gasteiger partial charge in [-0.05, 0) is 149 Å². The summed E-state index contributed by atoms with van der Waals surface area (Å²) in [5.74, 6) is 1.82. The molecule has 80 heavy (non-hydrogen) atoms. The van der Waals surface area contributed by atoms with E-state index in [2.05, 4.69) is 312 Å². The lowest BCUT2D eigenvalue weighted by Crippen LogP contribution is -1.97. The molecule has 15 rings (SSSR count). The van der Waals surface area contributed by atoms with Gasteiger partial charge in [-0.1, -0.05) is 243 Å². The number of rotatable bonds is 10. The number of fused-ring (bicyclic) bond motifs is 4. The molecule has 2 aromatic heterocycles. The Bertz CT molecular complexity index is 4470. The largest absolute Gasteiger partial charge is 0.292 e. The molecule has 0 fully saturated rings. The lowest BCUT2D eigenvalue weighted by atomic mass is 9.81. The second-order valence-corrected chi connectivity index (χ2v) is 20.4. The zero-order chi connectivity index (χ0) is 52.9. The van der Waals surface area contributed by atoms with Gasteiger partial charge in [0.15, 0.2) is 0 Å². The molecule has 2 heterocycles. The molecule has 0 unspecified atom stereocenters. The predicted octanol–water partition coefficient (Wildman–Crippen LogP) is 20.0. The van der Waals surface area contributed by atoms with Crippen LogP contribution in [0.2, 0.25) is 0 Å². The fourth-order valence-electron chi connectivity index (χ4n) is 12.1. The van der Waals surface area contributed by atoms with E-state index in [1.54, 1.807) is 0 Å². The third-order valence-electron chi connectivity index (χ3n) is 15.7. The van der Waals surface area contributed by atoms with Gasteiger partial charge in [0.1, 0.15) is 11.6 Å². The van der Waals surface area contributed by atoms with Gasteiger partial charge in [0, 0.05) is 22.5 Å². The average molecular weight is 1020 g/mol. The van der Waals surface area contributed by atoms with Crippen LogP contribution < -0.4 is 0 Å². The first-order valence-corrected chi connectivity index (χ1v) is 27.3. The summed E-state index contributed by atoms with van der Waals surface area (Å²) in [6, 6.07) is 109. The molecular weight excluding hydrogens is 969 g/mol. The van der Waals surface area contributed by atoms with Crippen LogP contribution in [0, 0.1) is 0 Å². The van der Waals surface area contributed by atoms with Crippen LogP contribution in [-0.2, 0) is 0 Å². The summed E-state index contributed by atoms with van der Waals surface area (Å²) < 4.78 is 4.56. The van der Waals surface area contributed by atoms with Crippen molar-refractivity contribution in [3.05, 3.63) is 303 Å². The van der Waals surface area contributed by atoms with Crippen LogP contribution in [0.1, 0.15) is 0 Å². The quantitative estimate of drug-likeness (QED) is 0.128. The molecule has 4 heteroatoms. The van der Waals surface area contributed by atoms with Gasteiger partial charge >= 0.3 is 0 Å². The monoisotopic (exact) mass is 1020 g/mol. The Morgan fingerprint density at radius 1 is 0.212 bits per heavy atom. The van der Waals surface area contributed by atoms with Gasteiger partial charge in [-0.2, -0.15) is 0 Å². The molecule has 0 aliphatic heterocycles. The Labute approximate surface area is 464 Å². The Morgan fingerprint density at radius 2 is 0.512 bits per heavy atom. The van der Waals surface area contributed by atoms with Crippen molar-refractivity contribution in [2.75, 3.05) is 0 Å². The third-order valence-corrected chi connectivity index (χ3v) is 15.7. The minimum absolute atomic E-state index is 0.911. The van der Waals surface area contributed by atoms with Crippen LogP contribution in [0.3, 0.4) is 0 Å². The number of para-hydroxylation sites is 2. The molecular formula is C76H50N4. The van der Waals surface area contributed by atoms with E-state index >= 15 is 0 Å². The summed E-state index contributed by atoms with van der Waals surface area (Å²) in [7, 11) is 0. The summed E-state index contributed by atoms with van der Waals surface area (Å²) in [4.78, 5) is 10.8. The predicted molar refractivity (Wildman–Crippen MR) is 334 cm³/mol. The maximum Gasteiger partial charge on any atom is 0.145 e. The number of nitrogens with zero attached hydrogens (tertiary/aromatic N) is 4. The van der Waals surface area contributed by atoms with Gasteiger partial charge < -0.3 is 0 Å². The molecule has 0 atom stereocenters. The molecule has 15 aromatic rings. The highest BCUT2D eigenvalue weighted by atomic mass is 15.1. The molecule has 0 spiro atoms. The maximum absolute atomic E-state index is 5.39. The number of imidazole rings is 2. The molecule has 0 aliphatic carbocycles. The van der Waals surface area contributed by atoms with Crippen LogP contribution in [0.5, 0.6) is 0 Å². The topological polar surface area (TPSA) is 35.6 Å². The second kappa shape index (κ2) is 19.7. The van der Waals surface area contributed by atoms with Crippen molar-refractivity contribution in [1.82, 2.24) is 19.1 Å². The molecule has 0 radical (unpaired) electrons. The molecule has 0 N–H and O–H groups in total. The van der Waals surface area contributed by atoms with Crippen LogP contribution in [0.4, 0.5) is 0 Å². The van der Waals surface area contributed by atoms with E-state index in [0.717, 1.165) is 78.5 Å². The summed E-state index contributed by atoms with van der Waals surface area (Å²) in [6.07, 6.45) is 0. The minimum Gasteiger partial charge on any atom is -0.292 e. The van der Waals surface area contributed by atoms with Gasteiger partial charge in [0.05, 0.1) is 22.1 Å². The first-order chi connectivity index (χ1) is 39.7. The Hall–Kier alpha value is -10.7. The van der Waals surface area contributed by atoms with Crippen LogP contribution in [0.15, 0.2) is 303 Å². The highest BCUT2D eigenvalue weighted by Crippen LogP contribution is 2.50. The zero-order valence-corrected chi connectivity index (χ0v) is 43.7. The summed E-state index contributed by atoms with van der Waals surface area (Å²) in [5.41, 5.74) is 22.1. The molecule has 0 saturated heterocycles. The van der Waals surface area contributed by atoms with E-state index in [1.807, 2.05) is 0 Å². The highest BCUT2D eigenvalue weighted by Gasteiger charge is 2.24. The molecule has 13 aromatic carbocycles. The molecule has 0 saturated carbocycles. The fraction of sp³-hybridized carbons (Fsp3) is 0. The van der Waals surface area contributed by atoms with Crippen molar-refractivity contribution < 1.29 is 0 Å². The molecule has 0 amide bonds. The van der Waals surface area contributed by atoms with E-state index in [1.165, 1.54) is 66.1 Å². The lowest BCUT2D eigenvalue weighted by molar-refractivity contribution is 1.10. The van der Waals surface area contributed by atoms with E-state index in [0.29, 0.717) is 0 Å². The average Bonchev–Trinajstić information content (AvgIpc) is 4.16. The van der Waals surface area contributed by atoms with Crippen LogP contribution >= 0.6 is 0 Å². The first kappa shape index (κ1) is 46.6. The van der Waals surface area contributed by atoms with Crippen LogP contribution in [-0.4, -0.2) is 19.1 Å². The van der Waals surface area contributed by atoms with Gasteiger partial charge in [-0.3, -0.25) is 9.13 Å². The van der Waals surface area contributed by atoms with E-state index in [4.69, 9.17) is 9.97 Å². The SMILES string of the molecule is c1ccc(-c2ccccc2-c2c3ccc(-c4ccc5c(c4)nc(-c4ccccc4)n5-c4ccccc4)cc3c(-c3ccccc3-c3ccccc3)c3ccc(-c4ccc5c(c4)nc(-c4ccccc4)n5-c4ccccc4)cc23)cc1. The number of hydrogen-bond acceptors (Lipinski definition) is 2. The zero-order valence-electron chi connectivity index (χ0n) is 43.7. The molecule has 0 bridgehead atoms. The van der Waals surface area contributed by atoms with Crippen molar-refractivity contribution in [2.45, 2.75) is 0 Å². The summed E-state index contributed by atoms with van der Waals surface area (Å²) >= 11 is 0. The van der Waals surface area contributed by atoms with Gasteiger partial charge in [-0.15, -0.1) is 0 Å². The van der Waals surface area contributed by atoms with Crippen molar-refractivity contribution in [1.29, 1.82) is 0 Å². The van der Waals surface area contributed by atoms with Gasteiger partial charge in [-0.25, -0.2) is 9.97 Å². The lowest BCUT2D eigenvalue weighted by Gasteiger charge is -2.22. The Kier molecular flexibility index (Phi) is 11.5. The standard InChI is InChI=1S/C76H50N4/c1-7-23-51(24-8-1)61-35-19-21-37-63(61)73-65-43-39-56(58-42-46-72-70(50-58)78-76(54-29-13-4-14-30-54)80(72)60-33-17-6-18-34-60)48-68(65)74(64-38-22-20-36-62(64)52-25-9-2-10-26-52)66-44-40-55(47-67(66)73)57-41-45-71-69(49-57)77-75(53-27-11-3-12-28-53)79(71)59-31-15-5-16-32-59/h1-50H. The Balaban J connectivity index is 1.000. The van der Waals surface area contributed by atoms with Gasteiger partial charge in [0.25, 0.3) is 0 Å². The van der Waals surface area contributed by atoms with Crippen molar-refractivity contribution in [3.63, 3.8) is 0 Å². The number of hydrogen-bond donors (Lipinski definition) is 0. The smallest absolute Gasteiger partial charge is 0.145 e. The first-order valence-electron chi connectivity index (χ1n) is 27.3. The number of benzene rings is 13.